The van der Waals surface area contributed by atoms with E-state index in [0.717, 1.165) is 0 Å². The molecule has 0 amide bonds. The number of aliphatic carboxylic acids is 1. The van der Waals surface area contributed by atoms with E-state index in [1.807, 2.05) is 0 Å². The zero-order valence-electron chi connectivity index (χ0n) is 16.0. The van der Waals surface area contributed by atoms with Crippen LogP contribution in [-0.4, -0.2) is 134 Å². The van der Waals surface area contributed by atoms with Crippen LogP contribution in [0, 0.1) is 0 Å². The summed E-state index contributed by atoms with van der Waals surface area (Å²) >= 11 is 0. The van der Waals surface area contributed by atoms with Crippen molar-refractivity contribution in [3.63, 3.8) is 0 Å². The molecular weight excluding hydrogens is 414 g/mol. The van der Waals surface area contributed by atoms with Crippen LogP contribution in [-0.2, 0) is 23.7 Å². The summed E-state index contributed by atoms with van der Waals surface area (Å²) in [5.74, 6) is -1.39. The standard InChI is InChI=1S/C16H29NO13/c1-4(7(17)14(25)26)27-16-13(11(23)9(21)6(3-19)29-16)30-15-12(24)10(22)8(20)5(2-18)28-15/h4-13,15-16,18-24H,2-3,17H2,1H3,(H,25,26)/t4-,5-,6-,7+,8-,9-,10+,11+,12+,13+,15-,16+/m1/s1. The molecule has 0 aromatic carbocycles. The van der Waals surface area contributed by atoms with Crippen molar-refractivity contribution >= 4 is 5.97 Å². The topological polar surface area (TPSA) is 242 Å². The van der Waals surface area contributed by atoms with Gasteiger partial charge in [0.15, 0.2) is 12.6 Å². The number of aliphatic hydroxyl groups excluding tert-OH is 7. The van der Waals surface area contributed by atoms with Gasteiger partial charge in [0.25, 0.3) is 0 Å². The van der Waals surface area contributed by atoms with Gasteiger partial charge in [0.05, 0.1) is 19.3 Å². The smallest absolute Gasteiger partial charge is 0.323 e. The summed E-state index contributed by atoms with van der Waals surface area (Å²) in [6, 6.07) is -1.49. The number of carboxylic acids is 1. The molecule has 2 aliphatic rings. The van der Waals surface area contributed by atoms with Crippen LogP contribution >= 0.6 is 0 Å². The molecule has 0 spiro atoms. The SMILES string of the molecule is C[C@@H](O[C@H]1O[C@H](CO)[C@@H](O)[C@H](O)[C@@H]1O[C@H]1O[C@H](CO)[C@@H](O)[C@H](O)[C@@H]1O)[C@H](N)C(=O)O. The number of ether oxygens (including phenoxy) is 4. The monoisotopic (exact) mass is 443 g/mol. The maximum absolute atomic E-state index is 11.1. The molecule has 2 rings (SSSR count). The van der Waals surface area contributed by atoms with Gasteiger partial charge in [-0.1, -0.05) is 0 Å². The zero-order chi connectivity index (χ0) is 22.7. The molecule has 0 bridgehead atoms. The number of carbonyl (C=O) groups is 1. The molecule has 2 saturated heterocycles. The van der Waals surface area contributed by atoms with E-state index < -0.39 is 92.7 Å². The molecule has 0 saturated carbocycles. The fourth-order valence-electron chi connectivity index (χ4n) is 3.14. The van der Waals surface area contributed by atoms with Crippen molar-refractivity contribution in [2.75, 3.05) is 13.2 Å². The first-order valence-corrected chi connectivity index (χ1v) is 9.25. The molecule has 2 fully saturated rings. The van der Waals surface area contributed by atoms with E-state index in [4.69, 9.17) is 29.8 Å². The summed E-state index contributed by atoms with van der Waals surface area (Å²) in [7, 11) is 0. The van der Waals surface area contributed by atoms with Crippen molar-refractivity contribution in [3.8, 4) is 0 Å². The van der Waals surface area contributed by atoms with Crippen LogP contribution in [0.5, 0.6) is 0 Å². The summed E-state index contributed by atoms with van der Waals surface area (Å²) < 4.78 is 21.4. The highest BCUT2D eigenvalue weighted by Crippen LogP contribution is 2.30. The van der Waals surface area contributed by atoms with Gasteiger partial charge in [0, 0.05) is 0 Å². The lowest BCUT2D eigenvalue weighted by atomic mass is 9.97. The van der Waals surface area contributed by atoms with Crippen LogP contribution in [0.3, 0.4) is 0 Å². The van der Waals surface area contributed by atoms with E-state index in [0.29, 0.717) is 0 Å². The molecular formula is C16H29NO13. The summed E-state index contributed by atoms with van der Waals surface area (Å²) in [5.41, 5.74) is 5.49. The van der Waals surface area contributed by atoms with Crippen LogP contribution in [0.2, 0.25) is 0 Å². The van der Waals surface area contributed by atoms with Gasteiger partial charge in [-0.15, -0.1) is 0 Å². The van der Waals surface area contributed by atoms with Gasteiger partial charge in [-0.2, -0.15) is 0 Å². The average molecular weight is 443 g/mol. The van der Waals surface area contributed by atoms with Crippen LogP contribution < -0.4 is 5.73 Å². The highest BCUT2D eigenvalue weighted by molar-refractivity contribution is 5.73. The third-order valence-electron chi connectivity index (χ3n) is 5.10. The third kappa shape index (κ3) is 5.24. The van der Waals surface area contributed by atoms with E-state index >= 15 is 0 Å². The van der Waals surface area contributed by atoms with Crippen LogP contribution in [0.25, 0.3) is 0 Å². The fourth-order valence-corrected chi connectivity index (χ4v) is 3.14. The Labute approximate surface area is 171 Å². The van der Waals surface area contributed by atoms with Crippen molar-refractivity contribution < 1.29 is 64.6 Å². The van der Waals surface area contributed by atoms with Crippen molar-refractivity contribution in [2.45, 2.75) is 80.5 Å². The van der Waals surface area contributed by atoms with Gasteiger partial charge in [-0.05, 0) is 6.92 Å². The predicted molar refractivity (Wildman–Crippen MR) is 92.6 cm³/mol. The number of carboxylic acid groups (broad SMARTS) is 1. The number of rotatable bonds is 8. The van der Waals surface area contributed by atoms with Crippen LogP contribution in [0.15, 0.2) is 0 Å². The van der Waals surface area contributed by atoms with Crippen LogP contribution in [0.4, 0.5) is 0 Å². The minimum Gasteiger partial charge on any atom is -0.480 e. The van der Waals surface area contributed by atoms with Gasteiger partial charge < -0.3 is 65.5 Å². The Morgan fingerprint density at radius 3 is 1.90 bits per heavy atom. The minimum absolute atomic E-state index is 0.718. The highest BCUT2D eigenvalue weighted by atomic mass is 16.8. The molecule has 10 N–H and O–H groups in total. The Bertz CT molecular complexity index is 565. The molecule has 176 valence electrons. The third-order valence-corrected chi connectivity index (χ3v) is 5.10. The van der Waals surface area contributed by atoms with Gasteiger partial charge in [-0.25, -0.2) is 0 Å². The largest absolute Gasteiger partial charge is 0.480 e. The van der Waals surface area contributed by atoms with Gasteiger partial charge >= 0.3 is 5.97 Å². The molecule has 2 aliphatic heterocycles. The Morgan fingerprint density at radius 2 is 1.40 bits per heavy atom. The van der Waals surface area contributed by atoms with Gasteiger partial charge in [-0.3, -0.25) is 4.79 Å². The molecule has 30 heavy (non-hydrogen) atoms. The molecule has 0 unspecified atom stereocenters. The van der Waals surface area contributed by atoms with Gasteiger partial charge in [0.2, 0.25) is 0 Å². The predicted octanol–water partition coefficient (Wildman–Crippen LogP) is -5.57. The summed E-state index contributed by atoms with van der Waals surface area (Å²) in [6.45, 7) is -0.142. The Morgan fingerprint density at radius 1 is 0.900 bits per heavy atom. The van der Waals surface area contributed by atoms with Crippen molar-refractivity contribution in [2.24, 2.45) is 5.73 Å². The second-order valence-corrected chi connectivity index (χ2v) is 7.21. The minimum atomic E-state index is -1.82. The van der Waals surface area contributed by atoms with E-state index in [9.17, 15) is 40.5 Å². The molecule has 14 nitrogen and oxygen atoms in total. The summed E-state index contributed by atoms with van der Waals surface area (Å²) in [5, 5.41) is 78.0. The molecule has 14 heteroatoms. The van der Waals surface area contributed by atoms with Crippen molar-refractivity contribution in [1.29, 1.82) is 0 Å². The number of hydrogen-bond donors (Lipinski definition) is 9. The Kier molecular flexibility index (Phi) is 8.87. The zero-order valence-corrected chi connectivity index (χ0v) is 16.0. The van der Waals surface area contributed by atoms with Crippen molar-refractivity contribution in [1.82, 2.24) is 0 Å². The molecule has 0 aliphatic carbocycles. The summed E-state index contributed by atoms with van der Waals surface area (Å²) in [4.78, 5) is 11.1. The lowest BCUT2D eigenvalue weighted by Crippen LogP contribution is -2.65. The highest BCUT2D eigenvalue weighted by Gasteiger charge is 2.51. The average Bonchev–Trinajstić information content (AvgIpc) is 2.72. The van der Waals surface area contributed by atoms with E-state index in [1.54, 1.807) is 0 Å². The second-order valence-electron chi connectivity index (χ2n) is 7.21. The molecule has 0 radical (unpaired) electrons. The van der Waals surface area contributed by atoms with Crippen molar-refractivity contribution in [3.05, 3.63) is 0 Å². The lowest BCUT2D eigenvalue weighted by molar-refractivity contribution is -0.371. The summed E-state index contributed by atoms with van der Waals surface area (Å²) in [6.07, 6.45) is -17.3. The molecule has 12 atom stereocenters. The van der Waals surface area contributed by atoms with Crippen LogP contribution in [0.1, 0.15) is 6.92 Å². The Balaban J connectivity index is 2.22. The fraction of sp³-hybridized carbons (Fsp3) is 0.938. The normalized spacial score (nSPS) is 44.4. The maximum Gasteiger partial charge on any atom is 0.323 e. The van der Waals surface area contributed by atoms with E-state index in [1.165, 1.54) is 6.92 Å². The number of aliphatic hydroxyl groups is 7. The number of hydrogen-bond acceptors (Lipinski definition) is 13. The van der Waals surface area contributed by atoms with E-state index in [2.05, 4.69) is 0 Å². The second kappa shape index (κ2) is 10.5. The van der Waals surface area contributed by atoms with E-state index in [-0.39, 0.29) is 0 Å². The first-order valence-electron chi connectivity index (χ1n) is 9.25. The first-order chi connectivity index (χ1) is 14.0. The molecule has 0 aromatic rings. The molecule has 2 heterocycles. The maximum atomic E-state index is 11.1. The molecule has 0 aromatic heterocycles. The first kappa shape index (κ1) is 25.3. The van der Waals surface area contributed by atoms with Gasteiger partial charge in [0.1, 0.15) is 54.9 Å². The quantitative estimate of drug-likeness (QED) is 0.170. The number of nitrogens with two attached hydrogens (primary N) is 1. The Hall–Kier alpha value is -1.01. The lowest BCUT2D eigenvalue weighted by Gasteiger charge is -2.46.